The molecule has 5 heteroatoms. The van der Waals surface area contributed by atoms with Gasteiger partial charge < -0.3 is 19.5 Å². The summed E-state index contributed by atoms with van der Waals surface area (Å²) in [6.07, 6.45) is 3.62. The van der Waals surface area contributed by atoms with Gasteiger partial charge in [-0.25, -0.2) is 0 Å². The van der Waals surface area contributed by atoms with Crippen LogP contribution in [0.5, 0.6) is 0 Å². The second-order valence-corrected chi connectivity index (χ2v) is 5.25. The number of hydrogen-bond donors (Lipinski definition) is 1. The molecule has 5 nitrogen and oxygen atoms in total. The maximum atomic E-state index is 11.8. The van der Waals surface area contributed by atoms with E-state index in [1.165, 1.54) is 7.11 Å². The van der Waals surface area contributed by atoms with E-state index in [0.717, 1.165) is 39.1 Å². The Labute approximate surface area is 108 Å². The van der Waals surface area contributed by atoms with Crippen LogP contribution in [0.4, 0.5) is 0 Å². The van der Waals surface area contributed by atoms with Crippen LogP contribution in [0.3, 0.4) is 0 Å². The fourth-order valence-electron chi connectivity index (χ4n) is 2.84. The van der Waals surface area contributed by atoms with Gasteiger partial charge in [0.1, 0.15) is 5.54 Å². The highest BCUT2D eigenvalue weighted by molar-refractivity contribution is 5.81. The van der Waals surface area contributed by atoms with Crippen LogP contribution in [0.1, 0.15) is 25.7 Å². The highest BCUT2D eigenvalue weighted by Gasteiger charge is 2.45. The molecule has 0 radical (unpaired) electrons. The van der Waals surface area contributed by atoms with Crippen molar-refractivity contribution in [2.45, 2.75) is 37.3 Å². The summed E-state index contributed by atoms with van der Waals surface area (Å²) < 4.78 is 16.1. The van der Waals surface area contributed by atoms with Gasteiger partial charge in [-0.2, -0.15) is 0 Å². The van der Waals surface area contributed by atoms with E-state index in [1.54, 1.807) is 0 Å². The van der Waals surface area contributed by atoms with Crippen LogP contribution in [0.15, 0.2) is 0 Å². The van der Waals surface area contributed by atoms with Crippen molar-refractivity contribution in [1.82, 2.24) is 5.32 Å². The van der Waals surface area contributed by atoms with Gasteiger partial charge in [0.25, 0.3) is 0 Å². The number of likely N-dealkylation sites (N-methyl/N-ethyl adjacent to an activating group) is 1. The van der Waals surface area contributed by atoms with E-state index in [4.69, 9.17) is 14.2 Å². The largest absolute Gasteiger partial charge is 0.468 e. The predicted octanol–water partition coefficient (Wildman–Crippen LogP) is 0.723. The molecule has 3 atom stereocenters. The number of ether oxygens (including phenoxy) is 3. The monoisotopic (exact) mass is 257 g/mol. The number of rotatable bonds is 5. The van der Waals surface area contributed by atoms with Crippen LogP contribution in [0.2, 0.25) is 0 Å². The third-order valence-corrected chi connectivity index (χ3v) is 4.12. The second-order valence-electron chi connectivity index (χ2n) is 5.25. The van der Waals surface area contributed by atoms with Gasteiger partial charge in [-0.15, -0.1) is 0 Å². The Hall–Kier alpha value is -0.650. The normalized spacial score (nSPS) is 35.9. The van der Waals surface area contributed by atoms with Crippen molar-refractivity contribution >= 4 is 5.97 Å². The summed E-state index contributed by atoms with van der Waals surface area (Å²) >= 11 is 0. The minimum absolute atomic E-state index is 0.150. The molecule has 18 heavy (non-hydrogen) atoms. The van der Waals surface area contributed by atoms with Crippen molar-refractivity contribution in [3.05, 3.63) is 0 Å². The van der Waals surface area contributed by atoms with E-state index in [1.807, 2.05) is 7.05 Å². The first-order valence-electron chi connectivity index (χ1n) is 6.67. The van der Waals surface area contributed by atoms with Gasteiger partial charge in [0.15, 0.2) is 0 Å². The van der Waals surface area contributed by atoms with E-state index in [9.17, 15) is 4.79 Å². The summed E-state index contributed by atoms with van der Waals surface area (Å²) in [5.41, 5.74) is -0.550. The number of nitrogens with one attached hydrogen (secondary N) is 1. The summed E-state index contributed by atoms with van der Waals surface area (Å²) in [5, 5.41) is 3.11. The molecule has 0 bridgehead atoms. The molecule has 0 aromatic carbocycles. The predicted molar refractivity (Wildman–Crippen MR) is 66.3 cm³/mol. The molecule has 0 amide bonds. The van der Waals surface area contributed by atoms with Crippen LogP contribution in [0.25, 0.3) is 0 Å². The van der Waals surface area contributed by atoms with Crippen molar-refractivity contribution in [2.75, 3.05) is 34.0 Å². The Morgan fingerprint density at radius 1 is 1.50 bits per heavy atom. The molecule has 1 saturated carbocycles. The first-order valence-corrected chi connectivity index (χ1v) is 6.67. The summed E-state index contributed by atoms with van der Waals surface area (Å²) in [7, 11) is 3.25. The molecule has 3 unspecified atom stereocenters. The van der Waals surface area contributed by atoms with Crippen LogP contribution >= 0.6 is 0 Å². The molecule has 0 spiro atoms. The molecule has 2 fully saturated rings. The van der Waals surface area contributed by atoms with Gasteiger partial charge >= 0.3 is 5.97 Å². The molecule has 1 aliphatic heterocycles. The van der Waals surface area contributed by atoms with E-state index in [0.29, 0.717) is 12.3 Å². The highest BCUT2D eigenvalue weighted by atomic mass is 16.5. The third-order valence-electron chi connectivity index (χ3n) is 4.12. The summed E-state index contributed by atoms with van der Waals surface area (Å²) in [5.74, 6) is 0.341. The molecule has 2 rings (SSSR count). The Morgan fingerprint density at radius 2 is 2.33 bits per heavy atom. The van der Waals surface area contributed by atoms with Gasteiger partial charge in [-0.3, -0.25) is 4.79 Å². The molecule has 1 N–H and O–H groups in total. The van der Waals surface area contributed by atoms with E-state index in [-0.39, 0.29) is 12.1 Å². The molecular weight excluding hydrogens is 234 g/mol. The standard InChI is InChI=1S/C13H23NO4/c1-14-13(12(15)16-2)5-3-11(7-13)18-9-10-4-6-17-8-10/h10-11,14H,3-9H2,1-2H3. The number of esters is 1. The van der Waals surface area contributed by atoms with Gasteiger partial charge in [-0.05, 0) is 26.3 Å². The number of hydrogen-bond acceptors (Lipinski definition) is 5. The van der Waals surface area contributed by atoms with Gasteiger partial charge in [-0.1, -0.05) is 0 Å². The smallest absolute Gasteiger partial charge is 0.326 e. The van der Waals surface area contributed by atoms with E-state index in [2.05, 4.69) is 5.32 Å². The zero-order chi connectivity index (χ0) is 13.0. The topological polar surface area (TPSA) is 56.8 Å². The van der Waals surface area contributed by atoms with Crippen molar-refractivity contribution in [3.8, 4) is 0 Å². The summed E-state index contributed by atoms with van der Waals surface area (Å²) in [4.78, 5) is 11.8. The van der Waals surface area contributed by atoms with Crippen LogP contribution in [-0.4, -0.2) is 51.6 Å². The summed E-state index contributed by atoms with van der Waals surface area (Å²) in [6, 6.07) is 0. The lowest BCUT2D eigenvalue weighted by molar-refractivity contribution is -0.148. The van der Waals surface area contributed by atoms with E-state index < -0.39 is 5.54 Å². The lowest BCUT2D eigenvalue weighted by Gasteiger charge is -2.25. The quantitative estimate of drug-likeness (QED) is 0.736. The molecule has 0 aromatic rings. The Balaban J connectivity index is 1.80. The van der Waals surface area contributed by atoms with Crippen LogP contribution < -0.4 is 5.32 Å². The lowest BCUT2D eigenvalue weighted by Crippen LogP contribution is -2.49. The molecule has 1 aliphatic carbocycles. The van der Waals surface area contributed by atoms with Gasteiger partial charge in [0, 0.05) is 18.9 Å². The van der Waals surface area contributed by atoms with Gasteiger partial charge in [0.05, 0.1) is 26.4 Å². The Morgan fingerprint density at radius 3 is 2.94 bits per heavy atom. The number of carbonyl (C=O) groups is 1. The highest BCUT2D eigenvalue weighted by Crippen LogP contribution is 2.33. The zero-order valence-corrected chi connectivity index (χ0v) is 11.2. The van der Waals surface area contributed by atoms with E-state index >= 15 is 0 Å². The molecule has 104 valence electrons. The zero-order valence-electron chi connectivity index (χ0n) is 11.2. The van der Waals surface area contributed by atoms with Crippen LogP contribution in [0, 0.1) is 5.92 Å². The molecular formula is C13H23NO4. The van der Waals surface area contributed by atoms with Crippen LogP contribution in [-0.2, 0) is 19.0 Å². The maximum Gasteiger partial charge on any atom is 0.326 e. The SMILES string of the molecule is CNC1(C(=O)OC)CCC(OCC2CCOC2)C1. The summed E-state index contributed by atoms with van der Waals surface area (Å²) in [6.45, 7) is 2.40. The lowest BCUT2D eigenvalue weighted by atomic mass is 9.98. The van der Waals surface area contributed by atoms with Crippen molar-refractivity contribution in [2.24, 2.45) is 5.92 Å². The first-order chi connectivity index (χ1) is 8.70. The average molecular weight is 257 g/mol. The minimum atomic E-state index is -0.550. The number of methoxy groups -OCH3 is 1. The minimum Gasteiger partial charge on any atom is -0.468 e. The molecule has 1 saturated heterocycles. The molecule has 1 heterocycles. The van der Waals surface area contributed by atoms with Crippen molar-refractivity contribution < 1.29 is 19.0 Å². The second kappa shape index (κ2) is 5.99. The fraction of sp³-hybridized carbons (Fsp3) is 0.923. The maximum absolute atomic E-state index is 11.8. The van der Waals surface area contributed by atoms with Crippen molar-refractivity contribution in [3.63, 3.8) is 0 Å². The average Bonchev–Trinajstić information content (AvgIpc) is 3.05. The fourth-order valence-corrected chi connectivity index (χ4v) is 2.84. The Bertz CT molecular complexity index is 291. The molecule has 0 aromatic heterocycles. The Kier molecular flexibility index (Phi) is 4.59. The van der Waals surface area contributed by atoms with Gasteiger partial charge in [0.2, 0.25) is 0 Å². The third kappa shape index (κ3) is 2.84. The molecule has 2 aliphatic rings. The first kappa shape index (κ1) is 13.8. The van der Waals surface area contributed by atoms with Crippen molar-refractivity contribution in [1.29, 1.82) is 0 Å². The number of carbonyl (C=O) groups excluding carboxylic acids is 1.